The second kappa shape index (κ2) is 6.21. The van der Waals surface area contributed by atoms with Crippen molar-refractivity contribution in [1.29, 1.82) is 0 Å². The molecule has 0 N–H and O–H groups in total. The van der Waals surface area contributed by atoms with E-state index in [1.807, 2.05) is 6.07 Å². The summed E-state index contributed by atoms with van der Waals surface area (Å²) in [5, 5.41) is 0.601. The van der Waals surface area contributed by atoms with Crippen molar-refractivity contribution in [3.05, 3.63) is 29.0 Å². The fraction of sp³-hybridized carbons (Fsp3) is 0.667. The predicted molar refractivity (Wildman–Crippen MR) is 78.4 cm³/mol. The lowest BCUT2D eigenvalue weighted by atomic mass is 10.1. The van der Waals surface area contributed by atoms with Gasteiger partial charge in [0, 0.05) is 31.9 Å². The number of halogens is 1. The second-order valence-electron chi connectivity index (χ2n) is 5.76. The van der Waals surface area contributed by atoms with Gasteiger partial charge in [-0.2, -0.15) is 0 Å². The van der Waals surface area contributed by atoms with Crippen LogP contribution in [0.1, 0.15) is 31.2 Å². The highest BCUT2D eigenvalue weighted by atomic mass is 35.5. The minimum absolute atomic E-state index is 0.601. The Kier molecular flexibility index (Phi) is 4.36. The molecule has 3 rings (SSSR count). The highest BCUT2D eigenvalue weighted by molar-refractivity contribution is 6.29. The van der Waals surface area contributed by atoms with Gasteiger partial charge in [0.2, 0.25) is 0 Å². The molecule has 0 saturated carbocycles. The van der Waals surface area contributed by atoms with E-state index in [0.717, 1.165) is 12.6 Å². The molecule has 0 aromatic carbocycles. The summed E-state index contributed by atoms with van der Waals surface area (Å²) in [7, 11) is 0. The lowest BCUT2D eigenvalue weighted by Gasteiger charge is -2.32. The zero-order valence-corrected chi connectivity index (χ0v) is 12.1. The van der Waals surface area contributed by atoms with Gasteiger partial charge in [-0.1, -0.05) is 18.0 Å². The fourth-order valence-corrected chi connectivity index (χ4v) is 3.53. The van der Waals surface area contributed by atoms with Crippen LogP contribution in [0.25, 0.3) is 0 Å². The minimum Gasteiger partial charge on any atom is -0.299 e. The van der Waals surface area contributed by atoms with Crippen LogP contribution in [-0.4, -0.2) is 47.0 Å². The van der Waals surface area contributed by atoms with Crippen LogP contribution < -0.4 is 0 Å². The van der Waals surface area contributed by atoms with E-state index in [0.29, 0.717) is 5.15 Å². The van der Waals surface area contributed by atoms with E-state index in [2.05, 4.69) is 20.9 Å². The monoisotopic (exact) mass is 279 g/mol. The first kappa shape index (κ1) is 13.3. The van der Waals surface area contributed by atoms with Crippen molar-refractivity contribution >= 4 is 11.6 Å². The summed E-state index contributed by atoms with van der Waals surface area (Å²) in [5.41, 5.74) is 1.28. The molecule has 1 unspecified atom stereocenters. The highest BCUT2D eigenvalue weighted by Crippen LogP contribution is 2.21. The average molecular weight is 280 g/mol. The van der Waals surface area contributed by atoms with Gasteiger partial charge in [-0.15, -0.1) is 0 Å². The van der Waals surface area contributed by atoms with E-state index in [1.54, 1.807) is 6.20 Å². The molecule has 0 amide bonds. The number of pyridine rings is 1. The summed E-state index contributed by atoms with van der Waals surface area (Å²) in [6, 6.07) is 4.83. The lowest BCUT2D eigenvalue weighted by Crippen LogP contribution is -2.40. The lowest BCUT2D eigenvalue weighted by molar-refractivity contribution is 0.161. The SMILES string of the molecule is Clc1cc(CN2CCC(N3CCCCC3)C2)ccn1. The molecule has 1 atom stereocenters. The molecule has 0 bridgehead atoms. The summed E-state index contributed by atoms with van der Waals surface area (Å²) in [6.45, 7) is 6.03. The first-order chi connectivity index (χ1) is 9.31. The van der Waals surface area contributed by atoms with Gasteiger partial charge in [-0.25, -0.2) is 4.98 Å². The van der Waals surface area contributed by atoms with Crippen LogP contribution in [0.15, 0.2) is 18.3 Å². The summed E-state index contributed by atoms with van der Waals surface area (Å²) < 4.78 is 0. The highest BCUT2D eigenvalue weighted by Gasteiger charge is 2.28. The number of nitrogens with zero attached hydrogens (tertiary/aromatic N) is 3. The number of piperidine rings is 1. The van der Waals surface area contributed by atoms with Gasteiger partial charge in [0.1, 0.15) is 5.15 Å². The van der Waals surface area contributed by atoms with Gasteiger partial charge in [0.15, 0.2) is 0 Å². The molecule has 1 aromatic heterocycles. The molecule has 0 aliphatic carbocycles. The minimum atomic E-state index is 0.601. The van der Waals surface area contributed by atoms with Gasteiger partial charge in [-0.05, 0) is 50.0 Å². The van der Waals surface area contributed by atoms with Crippen molar-refractivity contribution in [2.45, 2.75) is 38.3 Å². The Balaban J connectivity index is 1.54. The van der Waals surface area contributed by atoms with Crippen molar-refractivity contribution < 1.29 is 0 Å². The Hall–Kier alpha value is -0.640. The van der Waals surface area contributed by atoms with Crippen molar-refractivity contribution in [3.8, 4) is 0 Å². The Bertz CT molecular complexity index is 418. The Morgan fingerprint density at radius 3 is 2.84 bits per heavy atom. The van der Waals surface area contributed by atoms with Crippen LogP contribution in [0, 0.1) is 0 Å². The van der Waals surface area contributed by atoms with E-state index in [9.17, 15) is 0 Å². The van der Waals surface area contributed by atoms with E-state index < -0.39 is 0 Å². The van der Waals surface area contributed by atoms with Crippen molar-refractivity contribution in [3.63, 3.8) is 0 Å². The van der Waals surface area contributed by atoms with Gasteiger partial charge in [-0.3, -0.25) is 9.80 Å². The molecule has 0 radical (unpaired) electrons. The molecular formula is C15H22ClN3. The van der Waals surface area contributed by atoms with E-state index in [1.165, 1.54) is 57.4 Å². The molecule has 2 aliphatic heterocycles. The fourth-order valence-electron chi connectivity index (χ4n) is 3.34. The molecule has 19 heavy (non-hydrogen) atoms. The van der Waals surface area contributed by atoms with E-state index >= 15 is 0 Å². The maximum Gasteiger partial charge on any atom is 0.129 e. The van der Waals surface area contributed by atoms with Crippen LogP contribution in [0.3, 0.4) is 0 Å². The Morgan fingerprint density at radius 2 is 2.05 bits per heavy atom. The molecule has 1 aromatic rings. The number of likely N-dealkylation sites (tertiary alicyclic amines) is 2. The summed E-state index contributed by atoms with van der Waals surface area (Å²) in [5.74, 6) is 0. The smallest absolute Gasteiger partial charge is 0.129 e. The van der Waals surface area contributed by atoms with Gasteiger partial charge in [0.25, 0.3) is 0 Å². The molecule has 2 saturated heterocycles. The number of hydrogen-bond acceptors (Lipinski definition) is 3. The standard InChI is InChI=1S/C15H22ClN3/c16-15-10-13(4-6-17-15)11-18-9-5-14(12-18)19-7-2-1-3-8-19/h4,6,10,14H,1-3,5,7-9,11-12H2. The molecule has 2 fully saturated rings. The normalized spacial score (nSPS) is 25.8. The summed E-state index contributed by atoms with van der Waals surface area (Å²) in [6.07, 6.45) is 7.31. The summed E-state index contributed by atoms with van der Waals surface area (Å²) >= 11 is 5.94. The molecule has 3 nitrogen and oxygen atoms in total. The second-order valence-corrected chi connectivity index (χ2v) is 6.15. The quantitative estimate of drug-likeness (QED) is 0.793. The van der Waals surface area contributed by atoms with Gasteiger partial charge in [0.05, 0.1) is 0 Å². The largest absolute Gasteiger partial charge is 0.299 e. The van der Waals surface area contributed by atoms with Gasteiger partial charge >= 0.3 is 0 Å². The topological polar surface area (TPSA) is 19.4 Å². The summed E-state index contributed by atoms with van der Waals surface area (Å²) in [4.78, 5) is 9.29. The van der Waals surface area contributed by atoms with Crippen LogP contribution in [-0.2, 0) is 6.54 Å². The zero-order chi connectivity index (χ0) is 13.1. The average Bonchev–Trinajstić information content (AvgIpc) is 2.88. The molecule has 104 valence electrons. The number of rotatable bonds is 3. The Labute approximate surface area is 120 Å². The maximum absolute atomic E-state index is 5.94. The molecular weight excluding hydrogens is 258 g/mol. The van der Waals surface area contributed by atoms with E-state index in [4.69, 9.17) is 11.6 Å². The van der Waals surface area contributed by atoms with Gasteiger partial charge < -0.3 is 0 Å². The zero-order valence-electron chi connectivity index (χ0n) is 11.4. The van der Waals surface area contributed by atoms with Crippen molar-refractivity contribution in [2.24, 2.45) is 0 Å². The predicted octanol–water partition coefficient (Wildman–Crippen LogP) is 2.80. The van der Waals surface area contributed by atoms with Crippen LogP contribution in [0.2, 0.25) is 5.15 Å². The third-order valence-electron chi connectivity index (χ3n) is 4.35. The van der Waals surface area contributed by atoms with Crippen LogP contribution in [0.5, 0.6) is 0 Å². The molecule has 0 spiro atoms. The van der Waals surface area contributed by atoms with Crippen LogP contribution in [0.4, 0.5) is 0 Å². The van der Waals surface area contributed by atoms with Crippen molar-refractivity contribution in [1.82, 2.24) is 14.8 Å². The van der Waals surface area contributed by atoms with Crippen LogP contribution >= 0.6 is 11.6 Å². The Morgan fingerprint density at radius 1 is 1.21 bits per heavy atom. The molecule has 4 heteroatoms. The number of aromatic nitrogens is 1. The molecule has 2 aliphatic rings. The first-order valence-electron chi connectivity index (χ1n) is 7.38. The van der Waals surface area contributed by atoms with Crippen molar-refractivity contribution in [2.75, 3.05) is 26.2 Å². The maximum atomic E-state index is 5.94. The first-order valence-corrected chi connectivity index (χ1v) is 7.76. The molecule has 3 heterocycles. The number of hydrogen-bond donors (Lipinski definition) is 0. The van der Waals surface area contributed by atoms with E-state index in [-0.39, 0.29) is 0 Å². The third-order valence-corrected chi connectivity index (χ3v) is 4.56. The third kappa shape index (κ3) is 3.47.